The molecule has 0 aliphatic carbocycles. The van der Waals surface area contributed by atoms with Crippen molar-refractivity contribution in [3.05, 3.63) is 11.6 Å². The second kappa shape index (κ2) is 3.02. The fourth-order valence-electron chi connectivity index (χ4n) is 0.392. The predicted molar refractivity (Wildman–Crippen MR) is 36.9 cm³/mol. The Hall–Kier alpha value is -1.30. The van der Waals surface area contributed by atoms with Gasteiger partial charge in [0.1, 0.15) is 0 Å². The van der Waals surface area contributed by atoms with Crippen molar-refractivity contribution in [1.82, 2.24) is 10.4 Å². The number of amides is 1. The monoisotopic (exact) mass is 159 g/mol. The molecule has 6 heteroatoms. The van der Waals surface area contributed by atoms with Crippen molar-refractivity contribution < 1.29 is 9.90 Å². The number of hydrogen-bond acceptors (Lipinski definition) is 4. The van der Waals surface area contributed by atoms with E-state index in [2.05, 4.69) is 10.4 Å². The number of rotatable bonds is 2. The van der Waals surface area contributed by atoms with Crippen LogP contribution in [0.1, 0.15) is 0 Å². The van der Waals surface area contributed by atoms with Crippen molar-refractivity contribution in [3.8, 4) is 0 Å². The van der Waals surface area contributed by atoms with Crippen LogP contribution in [0, 0.1) is 0 Å². The fourth-order valence-corrected chi connectivity index (χ4v) is 0.874. The third-order valence-electron chi connectivity index (χ3n) is 0.709. The van der Waals surface area contributed by atoms with Crippen LogP contribution in [0.25, 0.3) is 0 Å². The van der Waals surface area contributed by atoms with Crippen LogP contribution in [0.2, 0.25) is 0 Å². The maximum absolute atomic E-state index is 9.90. The second-order valence-corrected chi connectivity index (χ2v) is 2.29. The van der Waals surface area contributed by atoms with Crippen LogP contribution in [-0.4, -0.2) is 16.2 Å². The van der Waals surface area contributed by atoms with Gasteiger partial charge in [-0.3, -0.25) is 5.43 Å². The van der Waals surface area contributed by atoms with E-state index in [1.165, 1.54) is 11.3 Å². The van der Waals surface area contributed by atoms with E-state index in [0.717, 1.165) is 0 Å². The zero-order valence-electron chi connectivity index (χ0n) is 4.87. The molecule has 0 saturated carbocycles. The van der Waals surface area contributed by atoms with Crippen LogP contribution in [0.4, 0.5) is 9.93 Å². The van der Waals surface area contributed by atoms with Gasteiger partial charge in [-0.2, -0.15) is 0 Å². The predicted octanol–water partition coefficient (Wildman–Crippen LogP) is 0.738. The molecule has 0 bridgehead atoms. The topological polar surface area (TPSA) is 74.2 Å². The average Bonchev–Trinajstić information content (AvgIpc) is 2.34. The lowest BCUT2D eigenvalue weighted by Crippen LogP contribution is -2.27. The number of carbonyl (C=O) groups is 1. The molecule has 3 N–H and O–H groups in total. The van der Waals surface area contributed by atoms with Gasteiger partial charge >= 0.3 is 6.09 Å². The first-order valence-electron chi connectivity index (χ1n) is 2.43. The molecule has 0 aliphatic rings. The van der Waals surface area contributed by atoms with Crippen molar-refractivity contribution in [2.45, 2.75) is 0 Å². The lowest BCUT2D eigenvalue weighted by Gasteiger charge is -1.97. The number of thiazole rings is 1. The molecule has 0 saturated heterocycles. The molecule has 1 amide bonds. The van der Waals surface area contributed by atoms with Gasteiger partial charge < -0.3 is 5.11 Å². The van der Waals surface area contributed by atoms with Gasteiger partial charge in [0.2, 0.25) is 5.13 Å². The first-order valence-corrected chi connectivity index (χ1v) is 3.31. The molecule has 0 radical (unpaired) electrons. The van der Waals surface area contributed by atoms with Gasteiger partial charge in [0.15, 0.2) is 0 Å². The SMILES string of the molecule is O=C(O)NNc1nccs1. The third-order valence-corrected chi connectivity index (χ3v) is 1.40. The Kier molecular flexibility index (Phi) is 2.06. The van der Waals surface area contributed by atoms with Gasteiger partial charge in [-0.15, -0.1) is 11.3 Å². The number of nitrogens with one attached hydrogen (secondary N) is 2. The minimum absolute atomic E-state index is 0.530. The summed E-state index contributed by atoms with van der Waals surface area (Å²) in [5.74, 6) is 0. The largest absolute Gasteiger partial charge is 0.464 e. The highest BCUT2D eigenvalue weighted by molar-refractivity contribution is 7.13. The van der Waals surface area contributed by atoms with Gasteiger partial charge in [0.25, 0.3) is 0 Å². The Bertz CT molecular complexity index is 210. The minimum Gasteiger partial charge on any atom is -0.464 e. The summed E-state index contributed by atoms with van der Waals surface area (Å²) in [5.41, 5.74) is 4.34. The third kappa shape index (κ3) is 1.90. The maximum atomic E-state index is 9.90. The minimum atomic E-state index is -1.13. The summed E-state index contributed by atoms with van der Waals surface area (Å²) in [4.78, 5) is 13.7. The summed E-state index contributed by atoms with van der Waals surface area (Å²) in [5, 5.41) is 10.4. The molecule has 0 spiro atoms. The molecule has 10 heavy (non-hydrogen) atoms. The molecular weight excluding hydrogens is 154 g/mol. The normalized spacial score (nSPS) is 8.80. The standard InChI is InChI=1S/C4H5N3O2S/c8-4(9)7-6-3-5-1-2-10-3/h1-2,7H,(H,5,6)(H,8,9). The van der Waals surface area contributed by atoms with E-state index in [4.69, 9.17) is 5.11 Å². The average molecular weight is 159 g/mol. The first-order chi connectivity index (χ1) is 4.79. The molecule has 54 valence electrons. The molecule has 1 rings (SSSR count). The highest BCUT2D eigenvalue weighted by Gasteiger charge is 1.94. The van der Waals surface area contributed by atoms with Gasteiger partial charge in [0.05, 0.1) is 0 Å². The molecule has 0 atom stereocenters. The molecule has 1 aromatic rings. The molecule has 5 nitrogen and oxygen atoms in total. The van der Waals surface area contributed by atoms with E-state index in [1.807, 2.05) is 5.43 Å². The maximum Gasteiger partial charge on any atom is 0.423 e. The molecule has 0 aliphatic heterocycles. The molecule has 0 unspecified atom stereocenters. The Morgan fingerprint density at radius 3 is 3.10 bits per heavy atom. The summed E-state index contributed by atoms with van der Waals surface area (Å²) >= 11 is 1.32. The Morgan fingerprint density at radius 1 is 1.80 bits per heavy atom. The van der Waals surface area contributed by atoms with Crippen molar-refractivity contribution >= 4 is 22.6 Å². The van der Waals surface area contributed by atoms with E-state index >= 15 is 0 Å². The summed E-state index contributed by atoms with van der Waals surface area (Å²) < 4.78 is 0. The molecular formula is C4H5N3O2S. The number of carboxylic acid groups (broad SMARTS) is 1. The highest BCUT2D eigenvalue weighted by atomic mass is 32.1. The van der Waals surface area contributed by atoms with E-state index < -0.39 is 6.09 Å². The first kappa shape index (κ1) is 6.81. The zero-order valence-corrected chi connectivity index (χ0v) is 5.68. The summed E-state index contributed by atoms with van der Waals surface area (Å²) in [6.45, 7) is 0. The Morgan fingerprint density at radius 2 is 2.60 bits per heavy atom. The highest BCUT2D eigenvalue weighted by Crippen LogP contribution is 2.07. The van der Waals surface area contributed by atoms with Crippen LogP contribution in [0.3, 0.4) is 0 Å². The molecule has 1 aromatic heterocycles. The zero-order chi connectivity index (χ0) is 7.40. The van der Waals surface area contributed by atoms with E-state index in [-0.39, 0.29) is 0 Å². The van der Waals surface area contributed by atoms with Crippen LogP contribution >= 0.6 is 11.3 Å². The summed E-state index contributed by atoms with van der Waals surface area (Å²) in [6, 6.07) is 0. The van der Waals surface area contributed by atoms with Crippen LogP contribution in [0.15, 0.2) is 11.6 Å². The fraction of sp³-hybridized carbons (Fsp3) is 0. The lowest BCUT2D eigenvalue weighted by atomic mass is 11.0. The van der Waals surface area contributed by atoms with Crippen LogP contribution in [0.5, 0.6) is 0 Å². The van der Waals surface area contributed by atoms with Crippen LogP contribution in [-0.2, 0) is 0 Å². The van der Waals surface area contributed by atoms with Gasteiger partial charge in [-0.1, -0.05) is 0 Å². The number of hydrazine groups is 1. The van der Waals surface area contributed by atoms with Gasteiger partial charge in [-0.25, -0.2) is 15.2 Å². The molecule has 0 fully saturated rings. The van der Waals surface area contributed by atoms with E-state index in [9.17, 15) is 4.79 Å². The van der Waals surface area contributed by atoms with Crippen LogP contribution < -0.4 is 10.9 Å². The van der Waals surface area contributed by atoms with Crippen molar-refractivity contribution in [3.63, 3.8) is 0 Å². The second-order valence-electron chi connectivity index (χ2n) is 1.39. The lowest BCUT2D eigenvalue weighted by molar-refractivity contribution is 0.197. The van der Waals surface area contributed by atoms with Gasteiger partial charge in [0, 0.05) is 11.6 Å². The molecule has 1 heterocycles. The number of aromatic nitrogens is 1. The van der Waals surface area contributed by atoms with E-state index in [1.54, 1.807) is 11.6 Å². The Balaban J connectivity index is 2.35. The number of nitrogens with zero attached hydrogens (tertiary/aromatic N) is 1. The van der Waals surface area contributed by atoms with Crippen molar-refractivity contribution in [1.29, 1.82) is 0 Å². The summed E-state index contributed by atoms with van der Waals surface area (Å²) in [6.07, 6.45) is 0.450. The number of hydrogen-bond donors (Lipinski definition) is 3. The Labute approximate surface area is 60.7 Å². The quantitative estimate of drug-likeness (QED) is 0.556. The van der Waals surface area contributed by atoms with Crippen molar-refractivity contribution in [2.24, 2.45) is 0 Å². The molecule has 0 aromatic carbocycles. The van der Waals surface area contributed by atoms with E-state index in [0.29, 0.717) is 5.13 Å². The smallest absolute Gasteiger partial charge is 0.423 e. The summed E-state index contributed by atoms with van der Waals surface area (Å²) in [7, 11) is 0. The van der Waals surface area contributed by atoms with Gasteiger partial charge in [-0.05, 0) is 0 Å². The number of anilines is 1. The van der Waals surface area contributed by atoms with Crippen molar-refractivity contribution in [2.75, 3.05) is 5.43 Å².